The van der Waals surface area contributed by atoms with Crippen molar-refractivity contribution in [1.29, 1.82) is 0 Å². The fourth-order valence-electron chi connectivity index (χ4n) is 3.25. The van der Waals surface area contributed by atoms with Crippen molar-refractivity contribution in [2.24, 2.45) is 0 Å². The van der Waals surface area contributed by atoms with E-state index in [1.54, 1.807) is 17.7 Å². The van der Waals surface area contributed by atoms with Crippen LogP contribution in [0.2, 0.25) is 0 Å². The zero-order chi connectivity index (χ0) is 16.4. The molecule has 1 aliphatic heterocycles. The molecule has 1 saturated heterocycles. The first-order valence-corrected chi connectivity index (χ1v) is 9.10. The summed E-state index contributed by atoms with van der Waals surface area (Å²) in [6.45, 7) is 4.74. The average Bonchev–Trinajstić information content (AvgIpc) is 3.08. The highest BCUT2D eigenvalue weighted by molar-refractivity contribution is 7.17. The monoisotopic (exact) mass is 412 g/mol. The third-order valence-corrected chi connectivity index (χ3v) is 5.41. The van der Waals surface area contributed by atoms with E-state index in [0.29, 0.717) is 0 Å². The highest BCUT2D eigenvalue weighted by Crippen LogP contribution is 2.37. The highest BCUT2D eigenvalue weighted by atomic mass is 35.5. The molecule has 0 radical (unpaired) electrons. The third kappa shape index (κ3) is 4.10. The molecule has 0 aliphatic carbocycles. The van der Waals surface area contributed by atoms with E-state index in [1.165, 1.54) is 11.1 Å². The summed E-state index contributed by atoms with van der Waals surface area (Å²) in [5.74, 6) is 1.03. The minimum atomic E-state index is 0. The maximum absolute atomic E-state index is 9.10. The summed E-state index contributed by atoms with van der Waals surface area (Å²) in [5.41, 5.74) is 2.42. The Morgan fingerprint density at radius 2 is 1.73 bits per heavy atom. The van der Waals surface area contributed by atoms with Crippen LogP contribution in [0.25, 0.3) is 21.3 Å². The van der Waals surface area contributed by atoms with E-state index in [2.05, 4.69) is 49.4 Å². The van der Waals surface area contributed by atoms with Crippen LogP contribution in [0.4, 0.5) is 5.82 Å². The van der Waals surface area contributed by atoms with Crippen molar-refractivity contribution in [2.45, 2.75) is 0 Å². The number of hydrogen-bond donors (Lipinski definition) is 1. The lowest BCUT2D eigenvalue weighted by atomic mass is 10.1. The van der Waals surface area contributed by atoms with Gasteiger partial charge in [-0.3, -0.25) is 4.90 Å². The van der Waals surface area contributed by atoms with E-state index >= 15 is 0 Å². The quantitative estimate of drug-likeness (QED) is 0.711. The van der Waals surface area contributed by atoms with Crippen LogP contribution in [0.15, 0.2) is 42.0 Å². The van der Waals surface area contributed by atoms with Crippen LogP contribution in [0.3, 0.4) is 0 Å². The average molecular weight is 413 g/mol. The normalized spacial score (nSPS) is 14.7. The van der Waals surface area contributed by atoms with Gasteiger partial charge in [-0.15, -0.1) is 36.2 Å². The van der Waals surface area contributed by atoms with Crippen molar-refractivity contribution in [2.75, 3.05) is 44.2 Å². The van der Waals surface area contributed by atoms with Gasteiger partial charge in [-0.25, -0.2) is 9.97 Å². The van der Waals surface area contributed by atoms with Crippen molar-refractivity contribution < 1.29 is 5.11 Å². The molecule has 1 N–H and O–H groups in total. The van der Waals surface area contributed by atoms with Gasteiger partial charge in [0, 0.05) is 43.7 Å². The van der Waals surface area contributed by atoms with Gasteiger partial charge in [0.25, 0.3) is 0 Å². The van der Waals surface area contributed by atoms with Gasteiger partial charge < -0.3 is 10.0 Å². The molecule has 5 nitrogen and oxygen atoms in total. The van der Waals surface area contributed by atoms with Crippen LogP contribution in [0.1, 0.15) is 0 Å². The van der Waals surface area contributed by atoms with E-state index in [-0.39, 0.29) is 31.4 Å². The van der Waals surface area contributed by atoms with Crippen LogP contribution in [-0.2, 0) is 0 Å². The first-order chi connectivity index (χ1) is 11.9. The second-order valence-corrected chi connectivity index (χ2v) is 6.80. The lowest BCUT2D eigenvalue weighted by Gasteiger charge is -2.35. The van der Waals surface area contributed by atoms with Crippen molar-refractivity contribution in [3.05, 3.63) is 42.0 Å². The Labute approximate surface area is 169 Å². The molecule has 0 spiro atoms. The van der Waals surface area contributed by atoms with Gasteiger partial charge in [0.15, 0.2) is 0 Å². The van der Waals surface area contributed by atoms with Gasteiger partial charge in [-0.05, 0) is 5.56 Å². The number of piperazine rings is 1. The first-order valence-electron chi connectivity index (χ1n) is 8.22. The van der Waals surface area contributed by atoms with Crippen LogP contribution in [-0.4, -0.2) is 59.3 Å². The van der Waals surface area contributed by atoms with Gasteiger partial charge in [-0.1, -0.05) is 30.3 Å². The number of benzene rings is 1. The number of aliphatic hydroxyl groups excluding tert-OH is 1. The molecule has 1 aromatic carbocycles. The van der Waals surface area contributed by atoms with E-state index in [1.807, 2.05) is 6.07 Å². The Morgan fingerprint density at radius 1 is 1.00 bits per heavy atom. The molecule has 1 aliphatic rings. The number of fused-ring (bicyclic) bond motifs is 1. The number of thiophene rings is 1. The lowest BCUT2D eigenvalue weighted by molar-refractivity contribution is 0.188. The number of aliphatic hydroxyl groups is 1. The second-order valence-electron chi connectivity index (χ2n) is 5.95. The predicted octanol–water partition coefficient (Wildman–Crippen LogP) is 3.32. The fourth-order valence-corrected chi connectivity index (χ4v) is 4.16. The van der Waals surface area contributed by atoms with E-state index in [9.17, 15) is 0 Å². The number of aromatic nitrogens is 2. The molecule has 0 amide bonds. The van der Waals surface area contributed by atoms with Crippen molar-refractivity contribution >= 4 is 52.2 Å². The molecule has 0 bridgehead atoms. The number of rotatable bonds is 4. The first kappa shape index (κ1) is 20.9. The van der Waals surface area contributed by atoms with E-state index in [4.69, 9.17) is 5.11 Å². The minimum absolute atomic E-state index is 0. The summed E-state index contributed by atoms with van der Waals surface area (Å²) in [5, 5.41) is 12.4. The minimum Gasteiger partial charge on any atom is -0.395 e. The lowest BCUT2D eigenvalue weighted by Crippen LogP contribution is -2.47. The van der Waals surface area contributed by atoms with Crippen molar-refractivity contribution in [1.82, 2.24) is 14.9 Å². The summed E-state index contributed by atoms with van der Waals surface area (Å²) in [6, 6.07) is 10.4. The fraction of sp³-hybridized carbons (Fsp3) is 0.333. The number of hydrogen-bond acceptors (Lipinski definition) is 6. The maximum atomic E-state index is 9.10. The molecule has 0 saturated carbocycles. The number of β-amino-alcohol motifs (C(OH)–C–C–N with tert-alkyl or cyclic N) is 1. The van der Waals surface area contributed by atoms with Gasteiger partial charge in [-0.2, -0.15) is 0 Å². The molecule has 0 atom stereocenters. The second kappa shape index (κ2) is 9.48. The number of halogens is 2. The zero-order valence-electron chi connectivity index (χ0n) is 14.2. The SMILES string of the molecule is Cl.Cl.OCCN1CCN(c2ncnc3scc(-c4ccccc4)c23)CC1. The topological polar surface area (TPSA) is 52.5 Å². The van der Waals surface area contributed by atoms with Gasteiger partial charge >= 0.3 is 0 Å². The smallest absolute Gasteiger partial charge is 0.141 e. The summed E-state index contributed by atoms with van der Waals surface area (Å²) in [7, 11) is 0. The van der Waals surface area contributed by atoms with Gasteiger partial charge in [0.05, 0.1) is 12.0 Å². The Kier molecular flexibility index (Phi) is 7.61. The number of nitrogens with zero attached hydrogens (tertiary/aromatic N) is 4. The van der Waals surface area contributed by atoms with Gasteiger partial charge in [0.2, 0.25) is 0 Å². The molecule has 3 heterocycles. The van der Waals surface area contributed by atoms with Crippen LogP contribution >= 0.6 is 36.2 Å². The largest absolute Gasteiger partial charge is 0.395 e. The Balaban J connectivity index is 0.00000121. The Morgan fingerprint density at radius 3 is 2.42 bits per heavy atom. The summed E-state index contributed by atoms with van der Waals surface area (Å²) >= 11 is 1.67. The van der Waals surface area contributed by atoms with Gasteiger partial charge in [0.1, 0.15) is 17.0 Å². The Hall–Kier alpha value is -1.44. The molecule has 8 heteroatoms. The van der Waals surface area contributed by atoms with Crippen LogP contribution < -0.4 is 4.90 Å². The van der Waals surface area contributed by atoms with Crippen molar-refractivity contribution in [3.8, 4) is 11.1 Å². The molecule has 1 fully saturated rings. The standard InChI is InChI=1S/C18H20N4OS.2ClH/c23-11-10-21-6-8-22(9-7-21)17-16-15(14-4-2-1-3-5-14)12-24-18(16)20-13-19-17;;/h1-5,12-13,23H,6-11H2;2*1H. The molecule has 4 rings (SSSR count). The molecule has 2 aromatic heterocycles. The summed E-state index contributed by atoms with van der Waals surface area (Å²) < 4.78 is 0. The molecular formula is C18H22Cl2N4OS. The van der Waals surface area contributed by atoms with Crippen LogP contribution in [0.5, 0.6) is 0 Å². The number of anilines is 1. The summed E-state index contributed by atoms with van der Waals surface area (Å²) in [4.78, 5) is 14.8. The highest BCUT2D eigenvalue weighted by Gasteiger charge is 2.22. The maximum Gasteiger partial charge on any atom is 0.141 e. The third-order valence-electron chi connectivity index (χ3n) is 4.52. The zero-order valence-corrected chi connectivity index (χ0v) is 16.7. The van der Waals surface area contributed by atoms with E-state index in [0.717, 1.165) is 48.8 Å². The summed E-state index contributed by atoms with van der Waals surface area (Å²) in [6.07, 6.45) is 1.67. The van der Waals surface area contributed by atoms with E-state index < -0.39 is 0 Å². The predicted molar refractivity (Wildman–Crippen MR) is 113 cm³/mol. The molecule has 140 valence electrons. The Bertz CT molecular complexity index is 822. The molecule has 0 unspecified atom stereocenters. The van der Waals surface area contributed by atoms with Crippen molar-refractivity contribution in [3.63, 3.8) is 0 Å². The molecule has 26 heavy (non-hydrogen) atoms. The van der Waals surface area contributed by atoms with Crippen LogP contribution in [0, 0.1) is 0 Å². The molecular weight excluding hydrogens is 391 g/mol. The molecule has 3 aromatic rings.